The van der Waals surface area contributed by atoms with Crippen LogP contribution < -0.4 is 10.6 Å². The van der Waals surface area contributed by atoms with Crippen molar-refractivity contribution >= 4 is 11.5 Å². The molecule has 0 amide bonds. The molecule has 1 aromatic heterocycles. The summed E-state index contributed by atoms with van der Waals surface area (Å²) in [6, 6.07) is 3.77. The molecule has 0 aliphatic carbocycles. The molecule has 1 aromatic rings. The summed E-state index contributed by atoms with van der Waals surface area (Å²) >= 11 is 0. The number of piperidine rings is 1. The number of pyridine rings is 1. The number of hydrogen-bond acceptors (Lipinski definition) is 4. The summed E-state index contributed by atoms with van der Waals surface area (Å²) in [5.74, 6) is 1.75. The summed E-state index contributed by atoms with van der Waals surface area (Å²) in [6.45, 7) is 3.50. The van der Waals surface area contributed by atoms with E-state index >= 15 is 0 Å². The van der Waals surface area contributed by atoms with Crippen LogP contribution in [0.5, 0.6) is 0 Å². The molecule has 2 heterocycles. The first-order chi connectivity index (χ1) is 8.15. The average molecular weight is 234 g/mol. The van der Waals surface area contributed by atoms with Gasteiger partial charge in [0.1, 0.15) is 5.82 Å². The molecule has 0 bridgehead atoms. The van der Waals surface area contributed by atoms with Gasteiger partial charge in [0.25, 0.3) is 0 Å². The molecule has 1 aliphatic rings. The van der Waals surface area contributed by atoms with Gasteiger partial charge in [0.2, 0.25) is 0 Å². The van der Waals surface area contributed by atoms with Crippen LogP contribution >= 0.6 is 0 Å². The minimum absolute atomic E-state index is 0.777. The predicted molar refractivity (Wildman–Crippen MR) is 72.1 cm³/mol. The van der Waals surface area contributed by atoms with Gasteiger partial charge in [-0.3, -0.25) is 0 Å². The zero-order chi connectivity index (χ0) is 12.3. The third kappa shape index (κ3) is 3.33. The Hall–Kier alpha value is -1.29. The second-order valence-electron chi connectivity index (χ2n) is 5.07. The first-order valence-electron chi connectivity index (χ1n) is 6.26. The van der Waals surface area contributed by atoms with Crippen molar-refractivity contribution in [3.63, 3.8) is 0 Å². The Morgan fingerprint density at radius 2 is 2.18 bits per heavy atom. The Labute approximate surface area is 103 Å². The van der Waals surface area contributed by atoms with Crippen LogP contribution in [-0.4, -0.2) is 43.6 Å². The van der Waals surface area contributed by atoms with Crippen LogP contribution in [-0.2, 0) is 0 Å². The Balaban J connectivity index is 1.90. The number of aromatic nitrogens is 1. The molecule has 4 heteroatoms. The van der Waals surface area contributed by atoms with Crippen molar-refractivity contribution in [2.45, 2.75) is 12.8 Å². The van der Waals surface area contributed by atoms with Crippen LogP contribution in [0.15, 0.2) is 18.3 Å². The third-order valence-electron chi connectivity index (χ3n) is 3.53. The van der Waals surface area contributed by atoms with Gasteiger partial charge >= 0.3 is 0 Å². The minimum atomic E-state index is 0.777. The highest BCUT2D eigenvalue weighted by molar-refractivity contribution is 5.49. The van der Waals surface area contributed by atoms with Crippen LogP contribution in [0.3, 0.4) is 0 Å². The van der Waals surface area contributed by atoms with Gasteiger partial charge in [0.05, 0.1) is 0 Å². The lowest BCUT2D eigenvalue weighted by molar-refractivity contribution is 0.222. The Kier molecular flexibility index (Phi) is 3.84. The molecular formula is C13H22N4. The van der Waals surface area contributed by atoms with Crippen molar-refractivity contribution in [2.24, 2.45) is 5.92 Å². The number of likely N-dealkylation sites (tertiary alicyclic amines) is 1. The number of rotatable bonds is 3. The highest BCUT2D eigenvalue weighted by Crippen LogP contribution is 2.20. The van der Waals surface area contributed by atoms with E-state index in [0.717, 1.165) is 24.0 Å². The molecule has 0 saturated carbocycles. The molecule has 0 spiro atoms. The average Bonchev–Trinajstić information content (AvgIpc) is 2.32. The summed E-state index contributed by atoms with van der Waals surface area (Å²) in [5, 5.41) is 0. The molecule has 2 N–H and O–H groups in total. The number of hydrogen-bond donors (Lipinski definition) is 1. The molecule has 1 aliphatic heterocycles. The summed E-state index contributed by atoms with van der Waals surface area (Å²) < 4.78 is 0. The molecule has 17 heavy (non-hydrogen) atoms. The van der Waals surface area contributed by atoms with Crippen LogP contribution in [0.25, 0.3) is 0 Å². The summed E-state index contributed by atoms with van der Waals surface area (Å²) in [5.41, 5.74) is 6.56. The smallest absolute Gasteiger partial charge is 0.130 e. The van der Waals surface area contributed by atoms with Gasteiger partial charge in [0, 0.05) is 31.5 Å². The fourth-order valence-electron chi connectivity index (χ4n) is 2.37. The summed E-state index contributed by atoms with van der Waals surface area (Å²) in [4.78, 5) is 8.97. The lowest BCUT2D eigenvalue weighted by atomic mass is 9.97. The van der Waals surface area contributed by atoms with Crippen molar-refractivity contribution in [1.82, 2.24) is 9.88 Å². The predicted octanol–water partition coefficient (Wildman–Crippen LogP) is 1.44. The molecule has 0 unspecified atom stereocenters. The van der Waals surface area contributed by atoms with E-state index in [1.807, 2.05) is 12.1 Å². The van der Waals surface area contributed by atoms with E-state index < -0.39 is 0 Å². The molecular weight excluding hydrogens is 212 g/mol. The fourth-order valence-corrected chi connectivity index (χ4v) is 2.37. The molecule has 2 rings (SSSR count). The first-order valence-corrected chi connectivity index (χ1v) is 6.26. The summed E-state index contributed by atoms with van der Waals surface area (Å²) in [7, 11) is 4.29. The highest BCUT2D eigenvalue weighted by atomic mass is 15.2. The van der Waals surface area contributed by atoms with E-state index in [-0.39, 0.29) is 0 Å². The van der Waals surface area contributed by atoms with Gasteiger partial charge in [-0.15, -0.1) is 0 Å². The fraction of sp³-hybridized carbons (Fsp3) is 0.615. The van der Waals surface area contributed by atoms with E-state index in [0.29, 0.717) is 0 Å². The van der Waals surface area contributed by atoms with E-state index in [4.69, 9.17) is 5.73 Å². The van der Waals surface area contributed by atoms with Crippen molar-refractivity contribution in [1.29, 1.82) is 0 Å². The molecule has 0 aromatic carbocycles. The Morgan fingerprint density at radius 3 is 2.82 bits per heavy atom. The van der Waals surface area contributed by atoms with E-state index in [1.165, 1.54) is 25.9 Å². The maximum Gasteiger partial charge on any atom is 0.130 e. The Bertz CT molecular complexity index is 358. The zero-order valence-corrected chi connectivity index (χ0v) is 10.8. The van der Waals surface area contributed by atoms with Crippen molar-refractivity contribution < 1.29 is 0 Å². The van der Waals surface area contributed by atoms with Crippen molar-refractivity contribution in [3.05, 3.63) is 18.3 Å². The number of anilines is 2. The van der Waals surface area contributed by atoms with Crippen molar-refractivity contribution in [3.8, 4) is 0 Å². The molecule has 0 atom stereocenters. The summed E-state index contributed by atoms with van der Waals surface area (Å²) in [6.07, 6.45) is 4.34. The van der Waals surface area contributed by atoms with Crippen LogP contribution in [0.2, 0.25) is 0 Å². The lowest BCUT2D eigenvalue weighted by Crippen LogP contribution is -2.35. The molecule has 1 fully saturated rings. The zero-order valence-electron chi connectivity index (χ0n) is 10.8. The molecule has 94 valence electrons. The van der Waals surface area contributed by atoms with Gasteiger partial charge in [-0.05, 0) is 45.0 Å². The largest absolute Gasteiger partial charge is 0.399 e. The SMILES string of the molecule is CN1CCC(CN(C)c2cc(N)ccn2)CC1. The third-order valence-corrected chi connectivity index (χ3v) is 3.53. The number of nitrogens with two attached hydrogens (primary N) is 1. The maximum absolute atomic E-state index is 5.77. The van der Waals surface area contributed by atoms with E-state index in [2.05, 4.69) is 28.9 Å². The van der Waals surface area contributed by atoms with Crippen molar-refractivity contribution in [2.75, 3.05) is 44.4 Å². The number of nitrogens with zero attached hydrogens (tertiary/aromatic N) is 3. The first kappa shape index (κ1) is 12.2. The highest BCUT2D eigenvalue weighted by Gasteiger charge is 2.18. The maximum atomic E-state index is 5.77. The molecule has 0 radical (unpaired) electrons. The topological polar surface area (TPSA) is 45.4 Å². The number of nitrogen functional groups attached to an aromatic ring is 1. The van der Waals surface area contributed by atoms with E-state index in [9.17, 15) is 0 Å². The van der Waals surface area contributed by atoms with Crippen LogP contribution in [0.1, 0.15) is 12.8 Å². The van der Waals surface area contributed by atoms with Crippen LogP contribution in [0, 0.1) is 5.92 Å². The normalized spacial score (nSPS) is 18.2. The van der Waals surface area contributed by atoms with Gasteiger partial charge in [-0.1, -0.05) is 0 Å². The van der Waals surface area contributed by atoms with Crippen LogP contribution in [0.4, 0.5) is 11.5 Å². The van der Waals surface area contributed by atoms with E-state index in [1.54, 1.807) is 6.20 Å². The second kappa shape index (κ2) is 5.36. The lowest BCUT2D eigenvalue weighted by Gasteiger charge is -2.32. The monoisotopic (exact) mass is 234 g/mol. The van der Waals surface area contributed by atoms with Gasteiger partial charge in [0.15, 0.2) is 0 Å². The second-order valence-corrected chi connectivity index (χ2v) is 5.07. The minimum Gasteiger partial charge on any atom is -0.399 e. The standard InChI is InChI=1S/C13H22N4/c1-16-7-4-11(5-8-16)10-17(2)13-9-12(14)3-6-15-13/h3,6,9,11H,4-5,7-8,10H2,1-2H3,(H2,14,15). The van der Waals surface area contributed by atoms with Gasteiger partial charge < -0.3 is 15.5 Å². The quantitative estimate of drug-likeness (QED) is 0.859. The molecule has 4 nitrogen and oxygen atoms in total. The molecule has 1 saturated heterocycles. The van der Waals surface area contributed by atoms with Gasteiger partial charge in [-0.25, -0.2) is 4.98 Å². The Morgan fingerprint density at radius 1 is 1.47 bits per heavy atom. The van der Waals surface area contributed by atoms with Gasteiger partial charge in [-0.2, -0.15) is 0 Å².